The van der Waals surface area contributed by atoms with Crippen LogP contribution in [0.5, 0.6) is 0 Å². The minimum Gasteiger partial charge on any atom is -0.363 e. The minimum atomic E-state index is -5.00. The molecule has 0 aliphatic heterocycles. The van der Waals surface area contributed by atoms with Crippen LogP contribution in [-0.2, 0) is 16.2 Å². The smallest absolute Gasteiger partial charge is 0.363 e. The second-order valence-corrected chi connectivity index (χ2v) is 4.12. The molecule has 0 spiro atoms. The molecule has 1 aromatic heterocycles. The lowest BCUT2D eigenvalue weighted by molar-refractivity contribution is -0.207. The van der Waals surface area contributed by atoms with Gasteiger partial charge in [-0.05, 0) is 17.7 Å². The standard InChI is InChI=1S/C14H11F3N2O2/c15-14(16,17)13(20)21-19-9-10-4-6-11(7-5-10)12-3-1-2-8-18-12/h1-8,19H,9H2. The van der Waals surface area contributed by atoms with Gasteiger partial charge in [0.05, 0.1) is 12.2 Å². The Morgan fingerprint density at radius 2 is 1.86 bits per heavy atom. The van der Waals surface area contributed by atoms with E-state index in [0.717, 1.165) is 11.3 Å². The van der Waals surface area contributed by atoms with Crippen LogP contribution in [-0.4, -0.2) is 17.1 Å². The van der Waals surface area contributed by atoms with Gasteiger partial charge in [-0.1, -0.05) is 30.3 Å². The van der Waals surface area contributed by atoms with Crippen molar-refractivity contribution in [3.63, 3.8) is 0 Å². The van der Waals surface area contributed by atoms with E-state index in [0.29, 0.717) is 5.56 Å². The van der Waals surface area contributed by atoms with E-state index in [-0.39, 0.29) is 6.54 Å². The van der Waals surface area contributed by atoms with Gasteiger partial charge in [0.25, 0.3) is 0 Å². The molecule has 0 aliphatic carbocycles. The van der Waals surface area contributed by atoms with E-state index >= 15 is 0 Å². The Morgan fingerprint density at radius 3 is 2.43 bits per heavy atom. The van der Waals surface area contributed by atoms with Crippen LogP contribution in [0.25, 0.3) is 11.3 Å². The average Bonchev–Trinajstić information content (AvgIpc) is 2.48. The Morgan fingerprint density at radius 1 is 1.14 bits per heavy atom. The first-order chi connectivity index (χ1) is 9.97. The lowest BCUT2D eigenvalue weighted by Gasteiger charge is -2.08. The molecule has 2 aromatic rings. The number of hydroxylamine groups is 1. The molecule has 2 rings (SSSR count). The normalized spacial score (nSPS) is 11.2. The highest BCUT2D eigenvalue weighted by Gasteiger charge is 2.41. The first kappa shape index (κ1) is 15.0. The lowest BCUT2D eigenvalue weighted by atomic mass is 10.1. The Kier molecular flexibility index (Phi) is 4.54. The van der Waals surface area contributed by atoms with Crippen LogP contribution in [0.3, 0.4) is 0 Å². The number of carbonyl (C=O) groups is 1. The van der Waals surface area contributed by atoms with Crippen molar-refractivity contribution in [3.8, 4) is 11.3 Å². The molecule has 4 nitrogen and oxygen atoms in total. The fourth-order valence-corrected chi connectivity index (χ4v) is 1.57. The summed E-state index contributed by atoms with van der Waals surface area (Å²) in [5.74, 6) is -2.27. The van der Waals surface area contributed by atoms with E-state index in [4.69, 9.17) is 0 Å². The van der Waals surface area contributed by atoms with E-state index in [2.05, 4.69) is 9.82 Å². The van der Waals surface area contributed by atoms with E-state index in [9.17, 15) is 18.0 Å². The predicted octanol–water partition coefficient (Wildman–Crippen LogP) is 2.86. The summed E-state index contributed by atoms with van der Waals surface area (Å²) >= 11 is 0. The Balaban J connectivity index is 1.90. The van der Waals surface area contributed by atoms with Crippen molar-refractivity contribution in [2.75, 3.05) is 0 Å². The largest absolute Gasteiger partial charge is 0.492 e. The first-order valence-corrected chi connectivity index (χ1v) is 5.98. The molecule has 0 radical (unpaired) electrons. The quantitative estimate of drug-likeness (QED) is 0.881. The summed E-state index contributed by atoms with van der Waals surface area (Å²) in [6, 6.07) is 12.5. The van der Waals surface area contributed by atoms with Gasteiger partial charge in [-0.3, -0.25) is 4.98 Å². The molecule has 1 aromatic carbocycles. The average molecular weight is 296 g/mol. The highest BCUT2D eigenvalue weighted by molar-refractivity contribution is 5.75. The highest BCUT2D eigenvalue weighted by Crippen LogP contribution is 2.17. The minimum absolute atomic E-state index is 0.0235. The van der Waals surface area contributed by atoms with Gasteiger partial charge in [0.2, 0.25) is 0 Å². The van der Waals surface area contributed by atoms with Crippen LogP contribution in [0.4, 0.5) is 13.2 Å². The number of aromatic nitrogens is 1. The molecular formula is C14H11F3N2O2. The predicted molar refractivity (Wildman–Crippen MR) is 68.7 cm³/mol. The van der Waals surface area contributed by atoms with Gasteiger partial charge in [-0.25, -0.2) is 4.79 Å². The van der Waals surface area contributed by atoms with E-state index < -0.39 is 12.1 Å². The third-order valence-corrected chi connectivity index (χ3v) is 2.59. The Bertz CT molecular complexity index is 598. The van der Waals surface area contributed by atoms with Crippen LogP contribution in [0.15, 0.2) is 48.7 Å². The topological polar surface area (TPSA) is 51.2 Å². The van der Waals surface area contributed by atoms with Crippen LogP contribution < -0.4 is 5.48 Å². The molecule has 0 fully saturated rings. The molecule has 1 N–H and O–H groups in total. The summed E-state index contributed by atoms with van der Waals surface area (Å²) in [6.45, 7) is -0.0235. The number of carbonyl (C=O) groups excluding carboxylic acids is 1. The third kappa shape index (κ3) is 4.28. The van der Waals surface area contributed by atoms with Gasteiger partial charge < -0.3 is 4.84 Å². The molecule has 21 heavy (non-hydrogen) atoms. The van der Waals surface area contributed by atoms with Crippen LogP contribution >= 0.6 is 0 Å². The maximum atomic E-state index is 11.9. The van der Waals surface area contributed by atoms with Crippen molar-refractivity contribution in [2.45, 2.75) is 12.7 Å². The zero-order valence-corrected chi connectivity index (χ0v) is 10.7. The molecule has 110 valence electrons. The second-order valence-electron chi connectivity index (χ2n) is 4.12. The molecule has 0 saturated carbocycles. The molecule has 7 heteroatoms. The number of benzene rings is 1. The highest BCUT2D eigenvalue weighted by atomic mass is 19.4. The molecule has 0 bridgehead atoms. The van der Waals surface area contributed by atoms with Crippen molar-refractivity contribution in [2.24, 2.45) is 0 Å². The van der Waals surface area contributed by atoms with Gasteiger partial charge >= 0.3 is 12.1 Å². The number of nitrogens with one attached hydrogen (secondary N) is 1. The van der Waals surface area contributed by atoms with Crippen LogP contribution in [0.1, 0.15) is 5.56 Å². The molecule has 0 aliphatic rings. The van der Waals surface area contributed by atoms with E-state index in [1.807, 2.05) is 17.6 Å². The number of hydrogen-bond acceptors (Lipinski definition) is 4. The van der Waals surface area contributed by atoms with Crippen LogP contribution in [0, 0.1) is 0 Å². The number of halogens is 3. The van der Waals surface area contributed by atoms with Crippen molar-refractivity contribution in [1.82, 2.24) is 10.5 Å². The van der Waals surface area contributed by atoms with Crippen molar-refractivity contribution in [3.05, 3.63) is 54.2 Å². The summed E-state index contributed by atoms with van der Waals surface area (Å²) < 4.78 is 35.7. The van der Waals surface area contributed by atoms with Gasteiger partial charge in [0.1, 0.15) is 0 Å². The summed E-state index contributed by atoms with van der Waals surface area (Å²) in [5, 5.41) is 0. The summed E-state index contributed by atoms with van der Waals surface area (Å²) in [5.41, 5.74) is 4.33. The second kappa shape index (κ2) is 6.36. The number of pyridine rings is 1. The Labute approximate surface area is 118 Å². The summed E-state index contributed by atoms with van der Waals surface area (Å²) in [4.78, 5) is 18.6. The van der Waals surface area contributed by atoms with Gasteiger partial charge in [-0.15, -0.1) is 5.48 Å². The monoisotopic (exact) mass is 296 g/mol. The van der Waals surface area contributed by atoms with Crippen molar-refractivity contribution in [1.29, 1.82) is 0 Å². The number of nitrogens with zero attached hydrogens (tertiary/aromatic N) is 1. The maximum absolute atomic E-state index is 11.9. The Hall–Kier alpha value is -2.41. The van der Waals surface area contributed by atoms with Gasteiger partial charge in [-0.2, -0.15) is 13.2 Å². The van der Waals surface area contributed by atoms with Crippen molar-refractivity contribution < 1.29 is 22.8 Å². The maximum Gasteiger partial charge on any atom is 0.492 e. The van der Waals surface area contributed by atoms with Gasteiger partial charge in [0.15, 0.2) is 0 Å². The summed E-state index contributed by atoms with van der Waals surface area (Å²) in [7, 11) is 0. The SMILES string of the molecule is O=C(ONCc1ccc(-c2ccccn2)cc1)C(F)(F)F. The van der Waals surface area contributed by atoms with Gasteiger partial charge in [0, 0.05) is 11.8 Å². The number of hydrogen-bond donors (Lipinski definition) is 1. The number of alkyl halides is 3. The van der Waals surface area contributed by atoms with Crippen molar-refractivity contribution >= 4 is 5.97 Å². The zero-order chi connectivity index (χ0) is 15.3. The van der Waals surface area contributed by atoms with E-state index in [1.165, 1.54) is 0 Å². The molecule has 1 heterocycles. The summed E-state index contributed by atoms with van der Waals surface area (Å²) in [6.07, 6.45) is -3.34. The fourth-order valence-electron chi connectivity index (χ4n) is 1.57. The third-order valence-electron chi connectivity index (χ3n) is 2.59. The number of rotatable bonds is 4. The lowest BCUT2D eigenvalue weighted by Crippen LogP contribution is -2.31. The van der Waals surface area contributed by atoms with E-state index in [1.54, 1.807) is 36.5 Å². The molecule has 0 unspecified atom stereocenters. The molecule has 0 atom stereocenters. The zero-order valence-electron chi connectivity index (χ0n) is 10.7. The molecule has 0 amide bonds. The fraction of sp³-hybridized carbons (Fsp3) is 0.143. The van der Waals surface area contributed by atoms with Crippen LogP contribution in [0.2, 0.25) is 0 Å². The first-order valence-electron chi connectivity index (χ1n) is 5.98. The molecule has 0 saturated heterocycles. The molecular weight excluding hydrogens is 285 g/mol.